The molecular weight excluding hydrogens is 252 g/mol. The van der Waals surface area contributed by atoms with Crippen molar-refractivity contribution in [3.8, 4) is 0 Å². The lowest BCUT2D eigenvalue weighted by molar-refractivity contribution is 0.859. The van der Waals surface area contributed by atoms with Gasteiger partial charge in [-0.1, -0.05) is 32.0 Å². The molecule has 0 aliphatic heterocycles. The average molecular weight is 268 g/mol. The van der Waals surface area contributed by atoms with Gasteiger partial charge >= 0.3 is 0 Å². The lowest BCUT2D eigenvalue weighted by Gasteiger charge is -2.12. The van der Waals surface area contributed by atoms with E-state index in [4.69, 9.17) is 0 Å². The summed E-state index contributed by atoms with van der Waals surface area (Å²) in [6.45, 7) is 6.41. The summed E-state index contributed by atoms with van der Waals surface area (Å²) in [5.74, 6) is 0.445. The van der Waals surface area contributed by atoms with Crippen molar-refractivity contribution in [3.05, 3.63) is 57.7 Å². The quantitative estimate of drug-likeness (QED) is 0.577. The second-order valence-corrected chi connectivity index (χ2v) is 6.32. The van der Waals surface area contributed by atoms with Crippen LogP contribution in [0.4, 0.5) is 0 Å². The van der Waals surface area contributed by atoms with E-state index in [0.29, 0.717) is 5.92 Å². The summed E-state index contributed by atoms with van der Waals surface area (Å²) >= 11 is 1.70. The van der Waals surface area contributed by atoms with Gasteiger partial charge in [0.15, 0.2) is 5.43 Å². The summed E-state index contributed by atoms with van der Waals surface area (Å²) in [5.41, 5.74) is 2.58. The minimum absolute atomic E-state index is 0.171. The number of benzene rings is 2. The van der Waals surface area contributed by atoms with Crippen molar-refractivity contribution in [2.75, 3.05) is 0 Å². The Labute approximate surface area is 116 Å². The van der Waals surface area contributed by atoms with Gasteiger partial charge in [-0.25, -0.2) is 0 Å². The van der Waals surface area contributed by atoms with Crippen molar-refractivity contribution in [2.24, 2.45) is 0 Å². The van der Waals surface area contributed by atoms with Crippen LogP contribution in [0.5, 0.6) is 0 Å². The Morgan fingerprint density at radius 2 is 1.74 bits per heavy atom. The van der Waals surface area contributed by atoms with Crippen molar-refractivity contribution in [2.45, 2.75) is 26.7 Å². The zero-order chi connectivity index (χ0) is 13.6. The molecule has 2 heteroatoms. The van der Waals surface area contributed by atoms with Crippen LogP contribution in [-0.2, 0) is 0 Å². The first-order valence-electron chi connectivity index (χ1n) is 6.54. The molecule has 0 radical (unpaired) electrons. The fourth-order valence-corrected chi connectivity index (χ4v) is 3.83. The highest BCUT2D eigenvalue weighted by Crippen LogP contribution is 2.30. The highest BCUT2D eigenvalue weighted by atomic mass is 32.1. The van der Waals surface area contributed by atoms with Crippen LogP contribution < -0.4 is 5.43 Å². The van der Waals surface area contributed by atoms with Crippen LogP contribution in [0.25, 0.3) is 20.2 Å². The van der Waals surface area contributed by atoms with E-state index in [1.807, 2.05) is 24.3 Å². The molecule has 0 aliphatic rings. The van der Waals surface area contributed by atoms with E-state index in [1.165, 1.54) is 5.56 Å². The van der Waals surface area contributed by atoms with Crippen LogP contribution >= 0.6 is 11.3 Å². The van der Waals surface area contributed by atoms with E-state index in [-0.39, 0.29) is 5.43 Å². The lowest BCUT2D eigenvalue weighted by Crippen LogP contribution is -2.05. The summed E-state index contributed by atoms with van der Waals surface area (Å²) in [7, 11) is 0. The average Bonchev–Trinajstić information content (AvgIpc) is 2.38. The number of rotatable bonds is 1. The molecule has 0 fully saturated rings. The molecule has 0 saturated heterocycles. The van der Waals surface area contributed by atoms with Crippen LogP contribution in [0.15, 0.2) is 41.2 Å². The third kappa shape index (κ3) is 1.87. The smallest absolute Gasteiger partial charge is 0.196 e. The molecule has 0 amide bonds. The monoisotopic (exact) mass is 268 g/mol. The van der Waals surface area contributed by atoms with Gasteiger partial charge in [0.05, 0.1) is 0 Å². The van der Waals surface area contributed by atoms with Crippen LogP contribution in [-0.4, -0.2) is 0 Å². The Hall–Kier alpha value is -1.67. The van der Waals surface area contributed by atoms with Gasteiger partial charge in [-0.05, 0) is 42.2 Å². The van der Waals surface area contributed by atoms with Gasteiger partial charge < -0.3 is 0 Å². The second-order valence-electron chi connectivity index (χ2n) is 5.23. The molecule has 1 aromatic heterocycles. The molecular formula is C17H16OS. The first-order valence-corrected chi connectivity index (χ1v) is 7.36. The fourth-order valence-electron chi connectivity index (χ4n) is 2.69. The van der Waals surface area contributed by atoms with E-state index >= 15 is 0 Å². The van der Waals surface area contributed by atoms with Gasteiger partial charge in [-0.15, -0.1) is 11.3 Å². The van der Waals surface area contributed by atoms with E-state index in [0.717, 1.165) is 25.7 Å². The molecule has 0 atom stereocenters. The van der Waals surface area contributed by atoms with Gasteiger partial charge in [-0.3, -0.25) is 4.79 Å². The topological polar surface area (TPSA) is 17.1 Å². The van der Waals surface area contributed by atoms with E-state index in [1.54, 1.807) is 11.3 Å². The number of hydrogen-bond donors (Lipinski definition) is 0. The van der Waals surface area contributed by atoms with E-state index in [9.17, 15) is 4.79 Å². The third-order valence-electron chi connectivity index (χ3n) is 3.67. The highest BCUT2D eigenvalue weighted by molar-refractivity contribution is 7.24. The molecule has 0 spiro atoms. The van der Waals surface area contributed by atoms with Gasteiger partial charge in [-0.2, -0.15) is 0 Å². The maximum atomic E-state index is 12.7. The van der Waals surface area contributed by atoms with Crippen LogP contribution in [0, 0.1) is 6.92 Å². The Kier molecular flexibility index (Phi) is 2.90. The minimum atomic E-state index is 0.171. The summed E-state index contributed by atoms with van der Waals surface area (Å²) in [6, 6.07) is 12.1. The molecule has 19 heavy (non-hydrogen) atoms. The fraction of sp³-hybridized carbons (Fsp3) is 0.235. The second kappa shape index (κ2) is 4.46. The molecule has 2 aromatic carbocycles. The standard InChI is InChI=1S/C17H16OS/c1-10(2)12-8-9-15-16(11(12)3)17(18)13-6-4-5-7-14(13)19-15/h4-10H,1-3H3. The summed E-state index contributed by atoms with van der Waals surface area (Å²) in [5, 5.41) is 1.74. The van der Waals surface area contributed by atoms with Crippen molar-refractivity contribution in [1.29, 1.82) is 0 Å². The number of hydrogen-bond acceptors (Lipinski definition) is 2. The number of fused-ring (bicyclic) bond motifs is 2. The van der Waals surface area contributed by atoms with Crippen LogP contribution in [0.3, 0.4) is 0 Å². The zero-order valence-corrected chi connectivity index (χ0v) is 12.2. The Morgan fingerprint density at radius 1 is 1.00 bits per heavy atom. The lowest BCUT2D eigenvalue weighted by atomic mass is 9.95. The number of aryl methyl sites for hydroxylation is 1. The van der Waals surface area contributed by atoms with Gasteiger partial charge in [0.2, 0.25) is 0 Å². The van der Waals surface area contributed by atoms with Gasteiger partial charge in [0.1, 0.15) is 0 Å². The SMILES string of the molecule is Cc1c(C(C)C)ccc2sc3ccccc3c(=O)c12. The summed E-state index contributed by atoms with van der Waals surface area (Å²) in [4.78, 5) is 12.7. The Morgan fingerprint density at radius 3 is 2.47 bits per heavy atom. The normalized spacial score (nSPS) is 11.6. The van der Waals surface area contributed by atoms with Crippen molar-refractivity contribution >= 4 is 31.5 Å². The minimum Gasteiger partial charge on any atom is -0.288 e. The predicted octanol–water partition coefficient (Wildman–Crippen LogP) is 4.85. The maximum absolute atomic E-state index is 12.7. The molecule has 3 aromatic rings. The van der Waals surface area contributed by atoms with Crippen molar-refractivity contribution < 1.29 is 0 Å². The largest absolute Gasteiger partial charge is 0.288 e. The van der Waals surface area contributed by atoms with Gasteiger partial charge in [0, 0.05) is 20.2 Å². The van der Waals surface area contributed by atoms with E-state index < -0.39 is 0 Å². The molecule has 96 valence electrons. The first kappa shape index (κ1) is 12.4. The molecule has 0 unspecified atom stereocenters. The van der Waals surface area contributed by atoms with E-state index in [2.05, 4.69) is 32.9 Å². The Bertz CT molecular complexity index is 828. The molecule has 0 saturated carbocycles. The molecule has 3 rings (SSSR count). The third-order valence-corrected chi connectivity index (χ3v) is 4.81. The molecule has 0 aliphatic carbocycles. The maximum Gasteiger partial charge on any atom is 0.196 e. The predicted molar refractivity (Wildman–Crippen MR) is 84.4 cm³/mol. The zero-order valence-electron chi connectivity index (χ0n) is 11.4. The van der Waals surface area contributed by atoms with Crippen molar-refractivity contribution in [3.63, 3.8) is 0 Å². The van der Waals surface area contributed by atoms with Crippen molar-refractivity contribution in [1.82, 2.24) is 0 Å². The van der Waals surface area contributed by atoms with Gasteiger partial charge in [0.25, 0.3) is 0 Å². The molecule has 1 heterocycles. The summed E-state index contributed by atoms with van der Waals surface area (Å²) in [6.07, 6.45) is 0. The molecule has 0 bridgehead atoms. The highest BCUT2D eigenvalue weighted by Gasteiger charge is 2.12. The molecule has 1 nitrogen and oxygen atoms in total. The summed E-state index contributed by atoms with van der Waals surface area (Å²) < 4.78 is 2.15. The first-order chi connectivity index (χ1) is 9.09. The van der Waals surface area contributed by atoms with Crippen LogP contribution in [0.1, 0.15) is 30.9 Å². The molecule has 0 N–H and O–H groups in total. The Balaban J connectivity index is 2.53. The van der Waals surface area contributed by atoms with Crippen LogP contribution in [0.2, 0.25) is 0 Å².